The van der Waals surface area contributed by atoms with Crippen LogP contribution in [0.15, 0.2) is 24.3 Å². The fourth-order valence-electron chi connectivity index (χ4n) is 2.62. The van der Waals surface area contributed by atoms with Crippen molar-refractivity contribution < 1.29 is 4.79 Å². The van der Waals surface area contributed by atoms with Crippen molar-refractivity contribution in [1.29, 1.82) is 0 Å². The van der Waals surface area contributed by atoms with Crippen molar-refractivity contribution >= 4 is 17.3 Å². The van der Waals surface area contributed by atoms with Crippen LogP contribution in [0.3, 0.4) is 0 Å². The van der Waals surface area contributed by atoms with Gasteiger partial charge in [0.05, 0.1) is 17.9 Å². The minimum atomic E-state index is 0.209. The molecule has 0 spiro atoms. The highest BCUT2D eigenvalue weighted by Crippen LogP contribution is 2.23. The normalized spacial score (nSPS) is 15.6. The molecule has 0 radical (unpaired) electrons. The van der Waals surface area contributed by atoms with Gasteiger partial charge in [0.15, 0.2) is 0 Å². The zero-order valence-corrected chi connectivity index (χ0v) is 12.6. The standard InChI is InChI=1S/C16H25N3O/c1-18(2)15-10-6-5-9-14(15)17-13-16(20)19-11-7-3-4-8-12-19/h5-6,9-10,17H,3-4,7-8,11-13H2,1-2H3. The SMILES string of the molecule is CN(C)c1ccccc1NCC(=O)N1CCCCCC1. The Labute approximate surface area is 121 Å². The Bertz CT molecular complexity index is 437. The van der Waals surface area contributed by atoms with E-state index >= 15 is 0 Å². The lowest BCUT2D eigenvalue weighted by Gasteiger charge is -2.22. The van der Waals surface area contributed by atoms with Crippen molar-refractivity contribution in [1.82, 2.24) is 4.90 Å². The molecule has 1 aromatic rings. The summed E-state index contributed by atoms with van der Waals surface area (Å²) in [5.41, 5.74) is 2.12. The number of carbonyl (C=O) groups is 1. The van der Waals surface area contributed by atoms with Crippen molar-refractivity contribution in [3.05, 3.63) is 24.3 Å². The fraction of sp³-hybridized carbons (Fsp3) is 0.562. The largest absolute Gasteiger partial charge is 0.376 e. The number of anilines is 2. The van der Waals surface area contributed by atoms with Gasteiger partial charge in [-0.1, -0.05) is 25.0 Å². The van der Waals surface area contributed by atoms with Gasteiger partial charge >= 0.3 is 0 Å². The Morgan fingerprint density at radius 1 is 1.15 bits per heavy atom. The first-order chi connectivity index (χ1) is 9.68. The second kappa shape index (κ2) is 7.17. The summed E-state index contributed by atoms with van der Waals surface area (Å²) in [5.74, 6) is 0.209. The number of amides is 1. The van der Waals surface area contributed by atoms with Crippen molar-refractivity contribution in [3.63, 3.8) is 0 Å². The smallest absolute Gasteiger partial charge is 0.241 e. The van der Waals surface area contributed by atoms with Gasteiger partial charge in [-0.3, -0.25) is 4.79 Å². The zero-order chi connectivity index (χ0) is 14.4. The van der Waals surface area contributed by atoms with E-state index in [-0.39, 0.29) is 5.91 Å². The molecule has 0 aromatic heterocycles. The van der Waals surface area contributed by atoms with Crippen molar-refractivity contribution in [2.24, 2.45) is 0 Å². The van der Waals surface area contributed by atoms with Crippen LogP contribution in [0.1, 0.15) is 25.7 Å². The maximum Gasteiger partial charge on any atom is 0.241 e. The van der Waals surface area contributed by atoms with Crippen LogP contribution in [0.2, 0.25) is 0 Å². The lowest BCUT2D eigenvalue weighted by atomic mass is 10.2. The van der Waals surface area contributed by atoms with E-state index in [1.54, 1.807) is 0 Å². The molecular weight excluding hydrogens is 250 g/mol. The molecule has 1 aliphatic heterocycles. The third kappa shape index (κ3) is 3.89. The number of nitrogens with one attached hydrogen (secondary N) is 1. The highest BCUT2D eigenvalue weighted by Gasteiger charge is 2.15. The topological polar surface area (TPSA) is 35.6 Å². The van der Waals surface area contributed by atoms with Crippen molar-refractivity contribution in [3.8, 4) is 0 Å². The minimum absolute atomic E-state index is 0.209. The Morgan fingerprint density at radius 2 is 1.80 bits per heavy atom. The Hall–Kier alpha value is -1.71. The summed E-state index contributed by atoms with van der Waals surface area (Å²) in [4.78, 5) is 16.3. The maximum atomic E-state index is 12.3. The highest BCUT2D eigenvalue weighted by molar-refractivity contribution is 5.82. The molecule has 1 aromatic carbocycles. The van der Waals surface area contributed by atoms with Crippen LogP contribution in [-0.4, -0.2) is 44.5 Å². The predicted molar refractivity (Wildman–Crippen MR) is 84.3 cm³/mol. The van der Waals surface area contributed by atoms with Crippen LogP contribution < -0.4 is 10.2 Å². The number of benzene rings is 1. The highest BCUT2D eigenvalue weighted by atomic mass is 16.2. The van der Waals surface area contributed by atoms with E-state index in [0.29, 0.717) is 6.54 Å². The molecule has 4 nitrogen and oxygen atoms in total. The molecule has 1 N–H and O–H groups in total. The van der Waals surface area contributed by atoms with Crippen LogP contribution in [0, 0.1) is 0 Å². The summed E-state index contributed by atoms with van der Waals surface area (Å²) >= 11 is 0. The molecule has 20 heavy (non-hydrogen) atoms. The molecule has 0 atom stereocenters. The van der Waals surface area contributed by atoms with E-state index in [1.165, 1.54) is 12.8 Å². The van der Waals surface area contributed by atoms with Crippen LogP contribution >= 0.6 is 0 Å². The number of carbonyl (C=O) groups excluding carboxylic acids is 1. The van der Waals surface area contributed by atoms with Crippen molar-refractivity contribution in [2.75, 3.05) is 43.9 Å². The summed E-state index contributed by atoms with van der Waals surface area (Å²) in [5, 5.41) is 3.28. The molecule has 0 unspecified atom stereocenters. The Kier molecular flexibility index (Phi) is 5.27. The molecule has 1 saturated heterocycles. The second-order valence-corrected chi connectivity index (χ2v) is 5.56. The van der Waals surface area contributed by atoms with E-state index in [2.05, 4.69) is 16.3 Å². The number of para-hydroxylation sites is 2. The summed E-state index contributed by atoms with van der Waals surface area (Å²) in [6.07, 6.45) is 4.78. The number of rotatable bonds is 4. The second-order valence-electron chi connectivity index (χ2n) is 5.56. The Morgan fingerprint density at radius 3 is 2.45 bits per heavy atom. The first-order valence-corrected chi connectivity index (χ1v) is 7.46. The van der Waals surface area contributed by atoms with Gasteiger partial charge in [-0.15, -0.1) is 0 Å². The number of nitrogens with zero attached hydrogens (tertiary/aromatic N) is 2. The van der Waals surface area contributed by atoms with Gasteiger partial charge in [0.25, 0.3) is 0 Å². The van der Waals surface area contributed by atoms with Gasteiger partial charge in [0.2, 0.25) is 5.91 Å². The Balaban J connectivity index is 1.92. The average molecular weight is 275 g/mol. The van der Waals surface area contributed by atoms with E-state index in [1.807, 2.05) is 37.2 Å². The average Bonchev–Trinajstić information content (AvgIpc) is 2.74. The van der Waals surface area contributed by atoms with E-state index in [9.17, 15) is 4.79 Å². The molecule has 2 rings (SSSR count). The lowest BCUT2D eigenvalue weighted by molar-refractivity contribution is -0.129. The maximum absolute atomic E-state index is 12.3. The van der Waals surface area contributed by atoms with Crippen LogP contribution in [-0.2, 0) is 4.79 Å². The molecule has 1 aliphatic rings. The van der Waals surface area contributed by atoms with E-state index in [0.717, 1.165) is 37.3 Å². The third-order valence-corrected chi connectivity index (χ3v) is 3.77. The molecule has 4 heteroatoms. The van der Waals surface area contributed by atoms with Gasteiger partial charge in [0.1, 0.15) is 0 Å². The predicted octanol–water partition coefficient (Wildman–Crippen LogP) is 2.57. The van der Waals surface area contributed by atoms with Crippen LogP contribution in [0.4, 0.5) is 11.4 Å². The van der Waals surface area contributed by atoms with Crippen LogP contribution in [0.25, 0.3) is 0 Å². The molecular formula is C16H25N3O. The number of hydrogen-bond acceptors (Lipinski definition) is 3. The van der Waals surface area contributed by atoms with Gasteiger partial charge in [-0.2, -0.15) is 0 Å². The molecule has 0 bridgehead atoms. The number of likely N-dealkylation sites (tertiary alicyclic amines) is 1. The summed E-state index contributed by atoms with van der Waals surface area (Å²) < 4.78 is 0. The molecule has 1 heterocycles. The first-order valence-electron chi connectivity index (χ1n) is 7.46. The van der Waals surface area contributed by atoms with Crippen molar-refractivity contribution in [2.45, 2.75) is 25.7 Å². The monoisotopic (exact) mass is 275 g/mol. The zero-order valence-electron chi connectivity index (χ0n) is 12.6. The quantitative estimate of drug-likeness (QED) is 0.917. The van der Waals surface area contributed by atoms with Gasteiger partial charge < -0.3 is 15.1 Å². The molecule has 1 fully saturated rings. The van der Waals surface area contributed by atoms with E-state index in [4.69, 9.17) is 0 Å². The first kappa shape index (κ1) is 14.7. The molecule has 1 amide bonds. The molecule has 0 saturated carbocycles. The summed E-state index contributed by atoms with van der Waals surface area (Å²) in [6.45, 7) is 2.20. The molecule has 0 aliphatic carbocycles. The van der Waals surface area contributed by atoms with Gasteiger partial charge in [0, 0.05) is 27.2 Å². The minimum Gasteiger partial charge on any atom is -0.376 e. The fourth-order valence-corrected chi connectivity index (χ4v) is 2.62. The summed E-state index contributed by atoms with van der Waals surface area (Å²) in [6, 6.07) is 8.08. The van der Waals surface area contributed by atoms with Gasteiger partial charge in [-0.05, 0) is 25.0 Å². The lowest BCUT2D eigenvalue weighted by Crippen LogP contribution is -2.36. The number of hydrogen-bond donors (Lipinski definition) is 1. The van der Waals surface area contributed by atoms with Crippen LogP contribution in [0.5, 0.6) is 0 Å². The molecule has 110 valence electrons. The summed E-state index contributed by atoms with van der Waals surface area (Å²) in [7, 11) is 4.02. The third-order valence-electron chi connectivity index (χ3n) is 3.77. The van der Waals surface area contributed by atoms with Gasteiger partial charge in [-0.25, -0.2) is 0 Å². The van der Waals surface area contributed by atoms with E-state index < -0.39 is 0 Å².